The predicted octanol–water partition coefficient (Wildman–Crippen LogP) is 6.92. The van der Waals surface area contributed by atoms with E-state index in [4.69, 9.17) is 4.42 Å². The average molecular weight is 320 g/mol. The third-order valence-electron chi connectivity index (χ3n) is 4.69. The van der Waals surface area contributed by atoms with Crippen molar-refractivity contribution < 1.29 is 4.42 Å². The first-order valence-corrected chi connectivity index (χ1v) is 8.47. The van der Waals surface area contributed by atoms with Gasteiger partial charge in [-0.15, -0.1) is 0 Å². The molecular weight excluding hydrogens is 304 g/mol. The summed E-state index contributed by atoms with van der Waals surface area (Å²) >= 11 is 0. The van der Waals surface area contributed by atoms with Gasteiger partial charge in [0.1, 0.15) is 11.2 Å². The number of rotatable bonds is 2. The Bertz CT molecular complexity index is 1170. The Morgan fingerprint density at radius 1 is 0.480 bits per heavy atom. The lowest BCUT2D eigenvalue weighted by Gasteiger charge is -2.11. The largest absolute Gasteiger partial charge is 0.455 e. The first kappa shape index (κ1) is 14.1. The van der Waals surface area contributed by atoms with Crippen LogP contribution in [0.15, 0.2) is 101 Å². The van der Waals surface area contributed by atoms with Gasteiger partial charge in [0, 0.05) is 16.3 Å². The maximum Gasteiger partial charge on any atom is 0.143 e. The topological polar surface area (TPSA) is 13.1 Å². The minimum absolute atomic E-state index is 0.930. The Morgan fingerprint density at radius 3 is 1.88 bits per heavy atom. The predicted molar refractivity (Wildman–Crippen MR) is 105 cm³/mol. The molecule has 1 aromatic heterocycles. The molecule has 0 fully saturated rings. The molecule has 0 spiro atoms. The smallest absolute Gasteiger partial charge is 0.143 e. The summed E-state index contributed by atoms with van der Waals surface area (Å²) in [6.45, 7) is 0. The normalized spacial score (nSPS) is 11.2. The van der Waals surface area contributed by atoms with E-state index in [2.05, 4.69) is 72.8 Å². The van der Waals surface area contributed by atoms with E-state index in [1.165, 1.54) is 16.7 Å². The van der Waals surface area contributed by atoms with Gasteiger partial charge in [-0.1, -0.05) is 84.9 Å². The van der Waals surface area contributed by atoms with E-state index in [-0.39, 0.29) is 0 Å². The molecule has 0 unspecified atom stereocenters. The van der Waals surface area contributed by atoms with E-state index in [1.807, 2.05) is 24.3 Å². The standard InChI is InChI=1S/C24H16O/c1-3-9-17(10-4-1)19-15-16-21-20-13-7-8-14-22(20)25-24(21)23(19)18-11-5-2-6-12-18/h1-16H. The molecule has 1 nitrogen and oxygen atoms in total. The SMILES string of the molecule is c1ccc(-c2ccc3c(oc4ccccc43)c2-c2ccccc2)cc1. The van der Waals surface area contributed by atoms with Crippen LogP contribution >= 0.6 is 0 Å². The molecule has 0 N–H and O–H groups in total. The summed E-state index contributed by atoms with van der Waals surface area (Å²) in [6.07, 6.45) is 0. The van der Waals surface area contributed by atoms with Gasteiger partial charge in [0.15, 0.2) is 0 Å². The van der Waals surface area contributed by atoms with Gasteiger partial charge in [-0.25, -0.2) is 0 Å². The Morgan fingerprint density at radius 2 is 1.12 bits per heavy atom. The summed E-state index contributed by atoms with van der Waals surface area (Å²) in [4.78, 5) is 0. The van der Waals surface area contributed by atoms with Crippen molar-refractivity contribution in [3.8, 4) is 22.3 Å². The van der Waals surface area contributed by atoms with E-state index in [0.29, 0.717) is 0 Å². The summed E-state index contributed by atoms with van der Waals surface area (Å²) in [7, 11) is 0. The Hall–Kier alpha value is -3.32. The Balaban J connectivity index is 1.93. The van der Waals surface area contributed by atoms with E-state index < -0.39 is 0 Å². The number of hydrogen-bond acceptors (Lipinski definition) is 1. The summed E-state index contributed by atoms with van der Waals surface area (Å²) in [5, 5.41) is 2.32. The molecule has 0 radical (unpaired) electrons. The molecule has 0 amide bonds. The summed E-state index contributed by atoms with van der Waals surface area (Å²) < 4.78 is 6.30. The molecule has 25 heavy (non-hydrogen) atoms. The fourth-order valence-electron chi connectivity index (χ4n) is 3.54. The molecule has 0 aliphatic rings. The molecule has 0 aliphatic heterocycles. The van der Waals surface area contributed by atoms with Gasteiger partial charge in [-0.2, -0.15) is 0 Å². The zero-order valence-corrected chi connectivity index (χ0v) is 13.6. The third kappa shape index (κ3) is 2.25. The fraction of sp³-hybridized carbons (Fsp3) is 0. The lowest BCUT2D eigenvalue weighted by atomic mass is 9.92. The summed E-state index contributed by atoms with van der Waals surface area (Å²) in [5.41, 5.74) is 6.60. The number of benzene rings is 4. The van der Waals surface area contributed by atoms with E-state index in [0.717, 1.165) is 27.5 Å². The van der Waals surface area contributed by atoms with E-state index >= 15 is 0 Å². The summed E-state index contributed by atoms with van der Waals surface area (Å²) in [6, 6.07) is 33.6. The molecule has 0 saturated carbocycles. The Labute approximate surface area is 146 Å². The molecule has 118 valence electrons. The molecule has 0 bridgehead atoms. The van der Waals surface area contributed by atoms with Crippen molar-refractivity contribution in [2.45, 2.75) is 0 Å². The fourth-order valence-corrected chi connectivity index (χ4v) is 3.54. The second kappa shape index (κ2) is 5.64. The maximum atomic E-state index is 6.30. The monoisotopic (exact) mass is 320 g/mol. The van der Waals surface area contributed by atoms with Crippen LogP contribution in [0, 0.1) is 0 Å². The zero-order chi connectivity index (χ0) is 16.6. The van der Waals surface area contributed by atoms with Crippen molar-refractivity contribution >= 4 is 21.9 Å². The van der Waals surface area contributed by atoms with Crippen molar-refractivity contribution in [1.29, 1.82) is 0 Å². The molecule has 0 saturated heterocycles. The van der Waals surface area contributed by atoms with Crippen molar-refractivity contribution in [2.24, 2.45) is 0 Å². The highest BCUT2D eigenvalue weighted by Gasteiger charge is 2.16. The van der Waals surface area contributed by atoms with Gasteiger partial charge in [-0.05, 0) is 28.8 Å². The average Bonchev–Trinajstić information content (AvgIpc) is 3.07. The van der Waals surface area contributed by atoms with Gasteiger partial charge in [0.2, 0.25) is 0 Å². The Kier molecular flexibility index (Phi) is 3.17. The molecule has 1 heteroatoms. The molecular formula is C24H16O. The highest BCUT2D eigenvalue weighted by atomic mass is 16.3. The van der Waals surface area contributed by atoms with Crippen molar-refractivity contribution in [3.05, 3.63) is 97.1 Å². The summed E-state index contributed by atoms with van der Waals surface area (Å²) in [5.74, 6) is 0. The van der Waals surface area contributed by atoms with Gasteiger partial charge in [0.25, 0.3) is 0 Å². The lowest BCUT2D eigenvalue weighted by molar-refractivity contribution is 0.670. The third-order valence-corrected chi connectivity index (χ3v) is 4.69. The van der Waals surface area contributed by atoms with Crippen molar-refractivity contribution in [1.82, 2.24) is 0 Å². The van der Waals surface area contributed by atoms with Crippen LogP contribution in [0.4, 0.5) is 0 Å². The quantitative estimate of drug-likeness (QED) is 0.344. The second-order valence-corrected chi connectivity index (χ2v) is 6.20. The number of para-hydroxylation sites is 1. The minimum Gasteiger partial charge on any atom is -0.455 e. The molecule has 0 atom stereocenters. The van der Waals surface area contributed by atoms with Crippen LogP contribution in [0.1, 0.15) is 0 Å². The molecule has 5 rings (SSSR count). The zero-order valence-electron chi connectivity index (χ0n) is 13.6. The number of fused-ring (bicyclic) bond motifs is 3. The van der Waals surface area contributed by atoms with Crippen LogP contribution in [-0.4, -0.2) is 0 Å². The first-order valence-electron chi connectivity index (χ1n) is 8.47. The van der Waals surface area contributed by atoms with Crippen LogP contribution in [0.2, 0.25) is 0 Å². The molecule has 4 aromatic carbocycles. The first-order chi connectivity index (χ1) is 12.4. The van der Waals surface area contributed by atoms with Gasteiger partial charge < -0.3 is 4.42 Å². The van der Waals surface area contributed by atoms with Crippen LogP contribution in [-0.2, 0) is 0 Å². The van der Waals surface area contributed by atoms with Crippen molar-refractivity contribution in [3.63, 3.8) is 0 Å². The van der Waals surface area contributed by atoms with Crippen LogP contribution < -0.4 is 0 Å². The van der Waals surface area contributed by atoms with Gasteiger partial charge >= 0.3 is 0 Å². The van der Waals surface area contributed by atoms with Crippen LogP contribution in [0.3, 0.4) is 0 Å². The molecule has 0 aliphatic carbocycles. The highest BCUT2D eigenvalue weighted by Crippen LogP contribution is 2.41. The van der Waals surface area contributed by atoms with Gasteiger partial charge in [-0.3, -0.25) is 0 Å². The van der Waals surface area contributed by atoms with Crippen LogP contribution in [0.25, 0.3) is 44.2 Å². The lowest BCUT2D eigenvalue weighted by Crippen LogP contribution is -1.86. The second-order valence-electron chi connectivity index (χ2n) is 6.20. The number of hydrogen-bond donors (Lipinski definition) is 0. The van der Waals surface area contributed by atoms with Gasteiger partial charge in [0.05, 0.1) is 0 Å². The van der Waals surface area contributed by atoms with Crippen molar-refractivity contribution in [2.75, 3.05) is 0 Å². The molecule has 1 heterocycles. The van der Waals surface area contributed by atoms with Crippen LogP contribution in [0.5, 0.6) is 0 Å². The number of furan rings is 1. The van der Waals surface area contributed by atoms with E-state index in [9.17, 15) is 0 Å². The van der Waals surface area contributed by atoms with E-state index in [1.54, 1.807) is 0 Å². The minimum atomic E-state index is 0.930. The maximum absolute atomic E-state index is 6.30. The molecule has 5 aromatic rings. The highest BCUT2D eigenvalue weighted by molar-refractivity contribution is 6.12.